The molecule has 0 heterocycles. The third kappa shape index (κ3) is 3.41. The van der Waals surface area contributed by atoms with Gasteiger partial charge in [0.25, 0.3) is 0 Å². The fraction of sp³-hybridized carbons (Fsp3) is 0.619. The highest BCUT2D eigenvalue weighted by atomic mass is 79.9. The van der Waals surface area contributed by atoms with Crippen LogP contribution < -0.4 is 14.8 Å². The topological polar surface area (TPSA) is 50.7 Å². The van der Waals surface area contributed by atoms with E-state index in [9.17, 15) is 5.11 Å². The Kier molecular flexibility index (Phi) is 4.82. The zero-order chi connectivity index (χ0) is 18.4. The summed E-state index contributed by atoms with van der Waals surface area (Å²) in [6.45, 7) is 4.90. The van der Waals surface area contributed by atoms with Gasteiger partial charge >= 0.3 is 0 Å². The van der Waals surface area contributed by atoms with Crippen molar-refractivity contribution in [2.45, 2.75) is 56.2 Å². The third-order valence-corrected chi connectivity index (χ3v) is 6.92. The highest BCUT2D eigenvalue weighted by Crippen LogP contribution is 2.57. The molecule has 4 aliphatic carbocycles. The number of hydrogen-bond acceptors (Lipinski definition) is 4. The second kappa shape index (κ2) is 6.84. The van der Waals surface area contributed by atoms with E-state index in [2.05, 4.69) is 33.9 Å². The molecule has 0 aromatic heterocycles. The molecule has 4 bridgehead atoms. The van der Waals surface area contributed by atoms with Gasteiger partial charge in [-0.25, -0.2) is 0 Å². The smallest absolute Gasteiger partial charge is 0.175 e. The molecule has 26 heavy (non-hydrogen) atoms. The SMILES string of the molecule is C=CCOc1c(Br)cc(CNC23CC4CC(CC(O)(C4)C2)C3)cc1OC. The first kappa shape index (κ1) is 18.3. The van der Waals surface area contributed by atoms with E-state index in [0.29, 0.717) is 24.2 Å². The molecule has 0 radical (unpaired) electrons. The maximum atomic E-state index is 10.9. The van der Waals surface area contributed by atoms with Crippen molar-refractivity contribution < 1.29 is 14.6 Å². The summed E-state index contributed by atoms with van der Waals surface area (Å²) in [5.41, 5.74) is 0.816. The van der Waals surface area contributed by atoms with E-state index in [4.69, 9.17) is 9.47 Å². The summed E-state index contributed by atoms with van der Waals surface area (Å²) in [5.74, 6) is 2.80. The molecule has 4 aliphatic rings. The molecule has 0 saturated heterocycles. The van der Waals surface area contributed by atoms with Gasteiger partial charge < -0.3 is 19.9 Å². The van der Waals surface area contributed by atoms with Crippen LogP contribution in [0.4, 0.5) is 0 Å². The number of rotatable bonds is 7. The van der Waals surface area contributed by atoms with Crippen molar-refractivity contribution in [1.82, 2.24) is 5.32 Å². The van der Waals surface area contributed by atoms with Crippen molar-refractivity contribution in [3.05, 3.63) is 34.8 Å². The normalized spacial score (nSPS) is 34.7. The van der Waals surface area contributed by atoms with Crippen molar-refractivity contribution in [1.29, 1.82) is 0 Å². The Bertz CT molecular complexity index is 691. The van der Waals surface area contributed by atoms with E-state index in [0.717, 1.165) is 41.6 Å². The number of hydrogen-bond donors (Lipinski definition) is 2. The average Bonchev–Trinajstić information content (AvgIpc) is 2.56. The fourth-order valence-corrected chi connectivity index (χ4v) is 6.47. The Morgan fingerprint density at radius 3 is 2.65 bits per heavy atom. The second-order valence-corrected chi connectivity index (χ2v) is 9.38. The predicted molar refractivity (Wildman–Crippen MR) is 106 cm³/mol. The van der Waals surface area contributed by atoms with Crippen molar-refractivity contribution in [3.63, 3.8) is 0 Å². The van der Waals surface area contributed by atoms with Crippen LogP contribution in [0.15, 0.2) is 29.3 Å². The van der Waals surface area contributed by atoms with E-state index in [1.54, 1.807) is 13.2 Å². The van der Waals surface area contributed by atoms with Gasteiger partial charge in [0.2, 0.25) is 0 Å². The molecule has 1 aromatic carbocycles. The van der Waals surface area contributed by atoms with Crippen LogP contribution >= 0.6 is 15.9 Å². The highest BCUT2D eigenvalue weighted by Gasteiger charge is 2.56. The molecular weight excluding hydrogens is 394 g/mol. The monoisotopic (exact) mass is 421 g/mol. The highest BCUT2D eigenvalue weighted by molar-refractivity contribution is 9.10. The Morgan fingerprint density at radius 1 is 1.31 bits per heavy atom. The minimum atomic E-state index is -0.433. The van der Waals surface area contributed by atoms with E-state index >= 15 is 0 Å². The molecular formula is C21H28BrNO3. The van der Waals surface area contributed by atoms with Gasteiger partial charge in [-0.15, -0.1) is 0 Å². The van der Waals surface area contributed by atoms with Gasteiger partial charge in [0.05, 0.1) is 17.2 Å². The van der Waals surface area contributed by atoms with Crippen LogP contribution in [0.1, 0.15) is 44.1 Å². The Hall–Kier alpha value is -1.04. The summed E-state index contributed by atoms with van der Waals surface area (Å²) in [4.78, 5) is 0. The Morgan fingerprint density at radius 2 is 2.04 bits per heavy atom. The van der Waals surface area contributed by atoms with E-state index in [1.165, 1.54) is 19.3 Å². The van der Waals surface area contributed by atoms with Crippen LogP contribution in [0.2, 0.25) is 0 Å². The second-order valence-electron chi connectivity index (χ2n) is 8.53. The summed E-state index contributed by atoms with van der Waals surface area (Å²) in [5, 5.41) is 14.7. The Balaban J connectivity index is 1.50. The average molecular weight is 422 g/mol. The van der Waals surface area contributed by atoms with E-state index < -0.39 is 5.60 Å². The first-order chi connectivity index (χ1) is 12.4. The molecule has 5 rings (SSSR count). The molecule has 142 valence electrons. The summed E-state index contributed by atoms with van der Waals surface area (Å²) in [6, 6.07) is 4.12. The van der Waals surface area contributed by atoms with Gasteiger partial charge in [0.1, 0.15) is 6.61 Å². The number of ether oxygens (including phenoxy) is 2. The summed E-state index contributed by atoms with van der Waals surface area (Å²) in [6.07, 6.45) is 8.32. The third-order valence-electron chi connectivity index (χ3n) is 6.33. The van der Waals surface area contributed by atoms with Gasteiger partial charge in [0.15, 0.2) is 11.5 Å². The van der Waals surface area contributed by atoms with Crippen molar-refractivity contribution >= 4 is 15.9 Å². The minimum absolute atomic E-state index is 0.0938. The van der Waals surface area contributed by atoms with Gasteiger partial charge in [-0.05, 0) is 84.0 Å². The lowest BCUT2D eigenvalue weighted by Gasteiger charge is -2.60. The molecule has 2 atom stereocenters. The van der Waals surface area contributed by atoms with E-state index in [1.807, 2.05) is 6.07 Å². The van der Waals surface area contributed by atoms with Gasteiger partial charge in [-0.1, -0.05) is 12.7 Å². The van der Waals surface area contributed by atoms with Crippen LogP contribution in [0.5, 0.6) is 11.5 Å². The lowest BCUT2D eigenvalue weighted by molar-refractivity contribution is -0.142. The number of nitrogens with one attached hydrogen (secondary N) is 1. The van der Waals surface area contributed by atoms with Crippen LogP contribution in [-0.2, 0) is 6.54 Å². The van der Waals surface area contributed by atoms with Crippen LogP contribution in [0.3, 0.4) is 0 Å². The van der Waals surface area contributed by atoms with Gasteiger partial charge in [-0.3, -0.25) is 0 Å². The van der Waals surface area contributed by atoms with Crippen molar-refractivity contribution in [2.24, 2.45) is 11.8 Å². The molecule has 4 nitrogen and oxygen atoms in total. The minimum Gasteiger partial charge on any atom is -0.493 e. The molecule has 4 saturated carbocycles. The fourth-order valence-electron chi connectivity index (χ4n) is 5.87. The molecule has 5 heteroatoms. The lowest BCUT2D eigenvalue weighted by atomic mass is 9.51. The summed E-state index contributed by atoms with van der Waals surface area (Å²) >= 11 is 3.60. The van der Waals surface area contributed by atoms with Crippen molar-refractivity contribution in [2.75, 3.05) is 13.7 Å². The van der Waals surface area contributed by atoms with Crippen LogP contribution in [0, 0.1) is 11.8 Å². The predicted octanol–water partition coefficient (Wildman–Crippen LogP) is 4.20. The summed E-state index contributed by atoms with van der Waals surface area (Å²) in [7, 11) is 1.66. The number of methoxy groups -OCH3 is 1. The van der Waals surface area contributed by atoms with Gasteiger partial charge in [-0.2, -0.15) is 0 Å². The lowest BCUT2D eigenvalue weighted by Crippen LogP contribution is -2.64. The van der Waals surface area contributed by atoms with E-state index in [-0.39, 0.29) is 5.54 Å². The maximum absolute atomic E-state index is 10.9. The number of halogens is 1. The molecule has 2 N–H and O–H groups in total. The zero-order valence-corrected chi connectivity index (χ0v) is 17.0. The quantitative estimate of drug-likeness (QED) is 0.647. The first-order valence-corrected chi connectivity index (χ1v) is 10.3. The van der Waals surface area contributed by atoms with Crippen LogP contribution in [-0.4, -0.2) is 30.0 Å². The first-order valence-electron chi connectivity index (χ1n) is 9.52. The van der Waals surface area contributed by atoms with Crippen LogP contribution in [0.25, 0.3) is 0 Å². The molecule has 2 unspecified atom stereocenters. The van der Waals surface area contributed by atoms with Crippen molar-refractivity contribution in [3.8, 4) is 11.5 Å². The zero-order valence-electron chi connectivity index (χ0n) is 15.4. The summed E-state index contributed by atoms with van der Waals surface area (Å²) < 4.78 is 12.1. The number of aliphatic hydroxyl groups is 1. The standard InChI is InChI=1S/C21H28BrNO3/c1-3-4-26-19-17(22)6-14(7-18(19)25-2)12-23-20-8-15-5-16(9-20)11-21(24,10-15)13-20/h3,6-7,15-16,23-24H,1,4-5,8-13H2,2H3. The molecule has 0 aliphatic heterocycles. The molecule has 0 amide bonds. The van der Waals surface area contributed by atoms with Gasteiger partial charge in [0, 0.05) is 12.1 Å². The maximum Gasteiger partial charge on any atom is 0.175 e. The molecule has 4 fully saturated rings. The Labute approximate surface area is 164 Å². The molecule has 1 aromatic rings. The molecule has 0 spiro atoms. The largest absolute Gasteiger partial charge is 0.493 e. The number of benzene rings is 1.